The van der Waals surface area contributed by atoms with Crippen LogP contribution in [0.15, 0.2) is 72.0 Å². The van der Waals surface area contributed by atoms with Gasteiger partial charge in [0.1, 0.15) is 5.75 Å². The van der Waals surface area contributed by atoms with Crippen molar-refractivity contribution in [3.8, 4) is 5.75 Å². The third-order valence-electron chi connectivity index (χ3n) is 6.12. The molecule has 8 heteroatoms. The van der Waals surface area contributed by atoms with Crippen LogP contribution in [0.5, 0.6) is 5.75 Å². The van der Waals surface area contributed by atoms with E-state index >= 15 is 0 Å². The lowest BCUT2D eigenvalue weighted by atomic mass is 10.1. The molecule has 1 atom stereocenters. The van der Waals surface area contributed by atoms with Crippen molar-refractivity contribution < 1.29 is 4.74 Å². The van der Waals surface area contributed by atoms with Gasteiger partial charge in [0.05, 0.1) is 19.7 Å². The minimum Gasteiger partial charge on any atom is -0.497 e. The molecule has 7 nitrogen and oxygen atoms in total. The first-order chi connectivity index (χ1) is 16.2. The number of aromatic nitrogens is 2. The number of aliphatic imine (C=N–C) groups is 1. The van der Waals surface area contributed by atoms with E-state index < -0.39 is 0 Å². The van der Waals surface area contributed by atoms with E-state index in [1.165, 1.54) is 29.5 Å². The van der Waals surface area contributed by atoms with Crippen molar-refractivity contribution >= 4 is 29.9 Å². The summed E-state index contributed by atoms with van der Waals surface area (Å²) >= 11 is 0. The fraction of sp³-hybridized carbons (Fsp3) is 0.385. The van der Waals surface area contributed by atoms with E-state index in [0.717, 1.165) is 37.9 Å². The summed E-state index contributed by atoms with van der Waals surface area (Å²) in [6, 6.07) is 19.3. The summed E-state index contributed by atoms with van der Waals surface area (Å²) in [5.74, 6) is 1.70. The summed E-state index contributed by atoms with van der Waals surface area (Å²) in [7, 11) is 3.53. The van der Waals surface area contributed by atoms with Crippen LogP contribution in [0.3, 0.4) is 0 Å². The lowest BCUT2D eigenvalue weighted by Crippen LogP contribution is -2.42. The van der Waals surface area contributed by atoms with E-state index in [1.54, 1.807) is 7.11 Å². The summed E-state index contributed by atoms with van der Waals surface area (Å²) in [6.07, 6.45) is 6.31. The normalized spacial score (nSPS) is 14.9. The molecule has 2 aromatic carbocycles. The van der Waals surface area contributed by atoms with E-state index in [9.17, 15) is 0 Å². The summed E-state index contributed by atoms with van der Waals surface area (Å²) in [6.45, 7) is 4.54. The number of likely N-dealkylation sites (tertiary alicyclic amines) is 1. The van der Waals surface area contributed by atoms with Crippen molar-refractivity contribution in [2.45, 2.75) is 32.0 Å². The van der Waals surface area contributed by atoms with Gasteiger partial charge in [-0.2, -0.15) is 5.10 Å². The smallest absolute Gasteiger partial charge is 0.191 e. The second kappa shape index (κ2) is 13.3. The Labute approximate surface area is 219 Å². The minimum atomic E-state index is 0. The van der Waals surface area contributed by atoms with Crippen LogP contribution in [0.2, 0.25) is 0 Å². The van der Waals surface area contributed by atoms with Gasteiger partial charge in [0.2, 0.25) is 0 Å². The third kappa shape index (κ3) is 7.20. The second-order valence-electron chi connectivity index (χ2n) is 8.36. The summed E-state index contributed by atoms with van der Waals surface area (Å²) < 4.78 is 7.27. The lowest BCUT2D eigenvalue weighted by molar-refractivity contribution is 0.245. The maximum atomic E-state index is 5.34. The Balaban J connectivity index is 0.00000324. The monoisotopic (exact) mass is 574 g/mol. The molecule has 4 rings (SSSR count). The number of methoxy groups -OCH3 is 1. The van der Waals surface area contributed by atoms with E-state index in [0.29, 0.717) is 12.6 Å². The van der Waals surface area contributed by atoms with Crippen LogP contribution < -0.4 is 15.4 Å². The van der Waals surface area contributed by atoms with Crippen molar-refractivity contribution in [3.63, 3.8) is 0 Å². The summed E-state index contributed by atoms with van der Waals surface area (Å²) in [5.41, 5.74) is 3.75. The number of guanidine groups is 1. The molecule has 3 aromatic rings. The molecule has 0 saturated carbocycles. The van der Waals surface area contributed by atoms with Crippen molar-refractivity contribution in [2.24, 2.45) is 4.99 Å². The molecule has 2 heterocycles. The van der Waals surface area contributed by atoms with Crippen LogP contribution in [-0.4, -0.2) is 54.4 Å². The minimum absolute atomic E-state index is 0. The molecular weight excluding hydrogens is 539 g/mol. The first kappa shape index (κ1) is 26.0. The van der Waals surface area contributed by atoms with Crippen molar-refractivity contribution in [1.82, 2.24) is 25.3 Å². The number of hydrogen-bond donors (Lipinski definition) is 2. The van der Waals surface area contributed by atoms with Crippen LogP contribution in [0.4, 0.5) is 0 Å². The predicted octanol–water partition coefficient (Wildman–Crippen LogP) is 4.06. The van der Waals surface area contributed by atoms with Crippen LogP contribution in [-0.2, 0) is 13.1 Å². The number of benzene rings is 2. The molecule has 34 heavy (non-hydrogen) atoms. The highest BCUT2D eigenvalue weighted by atomic mass is 127. The van der Waals surface area contributed by atoms with E-state index in [4.69, 9.17) is 4.74 Å². The molecule has 1 fully saturated rings. The topological polar surface area (TPSA) is 66.7 Å². The molecule has 0 radical (unpaired) electrons. The highest BCUT2D eigenvalue weighted by Gasteiger charge is 2.23. The molecule has 0 aliphatic carbocycles. The Morgan fingerprint density at radius 2 is 1.82 bits per heavy atom. The van der Waals surface area contributed by atoms with Crippen LogP contribution in [0.1, 0.15) is 35.6 Å². The van der Waals surface area contributed by atoms with Gasteiger partial charge in [0.15, 0.2) is 5.96 Å². The number of nitrogens with zero attached hydrogens (tertiary/aromatic N) is 4. The standard InChI is InChI=1S/C26H34N6O.HI/c1-27-26(28-18-21-7-5-8-22(17-21)20-32-16-6-13-30-32)29-19-25(31-14-3-4-15-31)23-9-11-24(33-2)12-10-23;/h5-13,16-17,25H,3-4,14-15,18-20H2,1-2H3,(H2,27,28,29);1H. The zero-order valence-corrected chi connectivity index (χ0v) is 22.3. The summed E-state index contributed by atoms with van der Waals surface area (Å²) in [5, 5.41) is 11.3. The Kier molecular flexibility index (Phi) is 10.2. The van der Waals surface area contributed by atoms with Crippen LogP contribution in [0.25, 0.3) is 0 Å². The largest absolute Gasteiger partial charge is 0.497 e. The zero-order valence-electron chi connectivity index (χ0n) is 20.0. The molecule has 0 spiro atoms. The van der Waals surface area contributed by atoms with E-state index in [1.807, 2.05) is 42.3 Å². The maximum absolute atomic E-state index is 5.34. The van der Waals surface area contributed by atoms with Crippen LogP contribution in [0, 0.1) is 0 Å². The van der Waals surface area contributed by atoms with Gasteiger partial charge in [-0.15, -0.1) is 24.0 Å². The van der Waals surface area contributed by atoms with Crippen molar-refractivity contribution in [2.75, 3.05) is 33.8 Å². The Morgan fingerprint density at radius 3 is 2.50 bits per heavy atom. The number of halogens is 1. The Bertz CT molecular complexity index is 1020. The van der Waals surface area contributed by atoms with Gasteiger partial charge in [-0.25, -0.2) is 0 Å². The Morgan fingerprint density at radius 1 is 1.06 bits per heavy atom. The highest BCUT2D eigenvalue weighted by Crippen LogP contribution is 2.26. The molecular formula is C26H35IN6O. The lowest BCUT2D eigenvalue weighted by Gasteiger charge is -2.29. The molecule has 1 saturated heterocycles. The first-order valence-corrected chi connectivity index (χ1v) is 11.6. The van der Waals surface area contributed by atoms with Gasteiger partial charge in [-0.05, 0) is 60.8 Å². The average molecular weight is 575 g/mol. The molecule has 1 unspecified atom stereocenters. The van der Waals surface area contributed by atoms with Gasteiger partial charge >= 0.3 is 0 Å². The molecule has 2 N–H and O–H groups in total. The molecule has 0 bridgehead atoms. The van der Waals surface area contributed by atoms with Gasteiger partial charge in [0, 0.05) is 32.5 Å². The van der Waals surface area contributed by atoms with Gasteiger partial charge in [-0.1, -0.05) is 36.4 Å². The molecule has 1 aliphatic rings. The fourth-order valence-electron chi connectivity index (χ4n) is 4.36. The fourth-order valence-corrected chi connectivity index (χ4v) is 4.36. The van der Waals surface area contributed by atoms with Crippen molar-refractivity contribution in [3.05, 3.63) is 83.7 Å². The highest BCUT2D eigenvalue weighted by molar-refractivity contribution is 14.0. The number of hydrogen-bond acceptors (Lipinski definition) is 4. The molecule has 182 valence electrons. The maximum Gasteiger partial charge on any atom is 0.191 e. The number of rotatable bonds is 9. The molecule has 1 aromatic heterocycles. The number of ether oxygens (including phenoxy) is 1. The van der Waals surface area contributed by atoms with Gasteiger partial charge < -0.3 is 15.4 Å². The Hall–Kier alpha value is -2.59. The van der Waals surface area contributed by atoms with E-state index in [-0.39, 0.29) is 24.0 Å². The van der Waals surface area contributed by atoms with Gasteiger partial charge in [0.25, 0.3) is 0 Å². The summed E-state index contributed by atoms with van der Waals surface area (Å²) in [4.78, 5) is 7.00. The quantitative estimate of drug-likeness (QED) is 0.229. The van der Waals surface area contributed by atoms with Crippen molar-refractivity contribution in [1.29, 1.82) is 0 Å². The molecule has 1 aliphatic heterocycles. The average Bonchev–Trinajstić information content (AvgIpc) is 3.57. The third-order valence-corrected chi connectivity index (χ3v) is 6.12. The first-order valence-electron chi connectivity index (χ1n) is 11.6. The second-order valence-corrected chi connectivity index (χ2v) is 8.36. The van der Waals surface area contributed by atoms with Crippen LogP contribution >= 0.6 is 24.0 Å². The van der Waals surface area contributed by atoms with E-state index in [2.05, 4.69) is 62.0 Å². The predicted molar refractivity (Wildman–Crippen MR) is 148 cm³/mol. The van der Waals surface area contributed by atoms with Gasteiger partial charge in [-0.3, -0.25) is 14.6 Å². The zero-order chi connectivity index (χ0) is 22.9. The number of nitrogens with one attached hydrogen (secondary N) is 2. The molecule has 0 amide bonds. The SMILES string of the molecule is CN=C(NCc1cccc(Cn2cccn2)c1)NCC(c1ccc(OC)cc1)N1CCCC1.I.